The molecular formula is C23H35N3O4S. The van der Waals surface area contributed by atoms with Crippen LogP contribution in [0.2, 0.25) is 0 Å². The molecule has 0 aliphatic heterocycles. The predicted octanol–water partition coefficient (Wildman–Crippen LogP) is 4.82. The number of thioether (sulfide) groups is 1. The number of aryl methyl sites for hydroxylation is 1. The Morgan fingerprint density at radius 3 is 2.29 bits per heavy atom. The van der Waals surface area contributed by atoms with E-state index in [4.69, 9.17) is 9.15 Å². The van der Waals surface area contributed by atoms with Crippen molar-refractivity contribution in [3.63, 3.8) is 0 Å². The summed E-state index contributed by atoms with van der Waals surface area (Å²) in [6.07, 6.45) is 1.83. The second kappa shape index (κ2) is 10.5. The van der Waals surface area contributed by atoms with Crippen LogP contribution in [-0.2, 0) is 33.4 Å². The Bertz CT molecular complexity index is 847. The number of carbonyl (C=O) groups excluding carboxylic acids is 1. The van der Waals surface area contributed by atoms with Crippen molar-refractivity contribution in [1.29, 1.82) is 0 Å². The lowest BCUT2D eigenvalue weighted by Gasteiger charge is -2.28. The normalized spacial score (nSPS) is 12.2. The van der Waals surface area contributed by atoms with Crippen molar-refractivity contribution in [3.05, 3.63) is 34.7 Å². The van der Waals surface area contributed by atoms with Gasteiger partial charge in [0.05, 0.1) is 5.75 Å². The van der Waals surface area contributed by atoms with E-state index in [0.717, 1.165) is 29.7 Å². The number of nitrogens with zero attached hydrogens (tertiary/aromatic N) is 2. The van der Waals surface area contributed by atoms with Crippen LogP contribution >= 0.6 is 11.8 Å². The van der Waals surface area contributed by atoms with Gasteiger partial charge in [-0.05, 0) is 46.1 Å². The molecule has 0 atom stereocenters. The minimum Gasteiger partial charge on any atom is -0.507 e. The third-order valence-electron chi connectivity index (χ3n) is 4.75. The van der Waals surface area contributed by atoms with Crippen molar-refractivity contribution in [2.75, 3.05) is 23.9 Å². The van der Waals surface area contributed by atoms with Gasteiger partial charge in [-0.3, -0.25) is 10.1 Å². The lowest BCUT2D eigenvalue weighted by atomic mass is 9.78. The van der Waals surface area contributed by atoms with Gasteiger partial charge in [-0.25, -0.2) is 0 Å². The van der Waals surface area contributed by atoms with E-state index in [9.17, 15) is 9.90 Å². The fraction of sp³-hybridized carbons (Fsp3) is 0.609. The Labute approximate surface area is 189 Å². The molecule has 1 amide bonds. The topological polar surface area (TPSA) is 97.5 Å². The molecule has 8 heteroatoms. The van der Waals surface area contributed by atoms with Gasteiger partial charge in [0.1, 0.15) is 12.4 Å². The Balaban J connectivity index is 1.88. The van der Waals surface area contributed by atoms with Gasteiger partial charge < -0.3 is 14.3 Å². The Morgan fingerprint density at radius 2 is 1.74 bits per heavy atom. The second-order valence-corrected chi connectivity index (χ2v) is 10.8. The van der Waals surface area contributed by atoms with Crippen LogP contribution in [0.4, 0.5) is 6.01 Å². The number of anilines is 1. The number of nitrogens with one attached hydrogen (secondary N) is 1. The number of phenolic OH excluding ortho intramolecular Hbond substituents is 1. The van der Waals surface area contributed by atoms with Crippen LogP contribution in [0.1, 0.15) is 70.5 Å². The zero-order chi connectivity index (χ0) is 23.2. The molecule has 0 unspecified atom stereocenters. The maximum atomic E-state index is 12.0. The number of aromatic hydroxyl groups is 1. The number of amides is 1. The largest absolute Gasteiger partial charge is 0.507 e. The van der Waals surface area contributed by atoms with E-state index in [1.807, 2.05) is 0 Å². The molecule has 0 fully saturated rings. The van der Waals surface area contributed by atoms with Crippen molar-refractivity contribution in [2.45, 2.75) is 71.8 Å². The molecule has 2 rings (SSSR count). The number of phenols is 1. The van der Waals surface area contributed by atoms with Gasteiger partial charge in [0, 0.05) is 7.11 Å². The molecule has 7 nitrogen and oxygen atoms in total. The highest BCUT2D eigenvalue weighted by molar-refractivity contribution is 7.99. The Morgan fingerprint density at radius 1 is 1.13 bits per heavy atom. The number of carbonyl (C=O) groups is 1. The SMILES string of the molecule is COCc1nnc(NC(=O)CSCCCc2cc(C(C)(C)C)c(O)c(C(C)(C)C)c2)o1. The molecule has 0 aliphatic carbocycles. The lowest BCUT2D eigenvalue weighted by molar-refractivity contribution is -0.113. The highest BCUT2D eigenvalue weighted by Gasteiger charge is 2.26. The summed E-state index contributed by atoms with van der Waals surface area (Å²) in [5, 5.41) is 21.0. The first-order valence-corrected chi connectivity index (χ1v) is 11.6. The van der Waals surface area contributed by atoms with Crippen LogP contribution < -0.4 is 5.32 Å². The average Bonchev–Trinajstić information content (AvgIpc) is 3.07. The van der Waals surface area contributed by atoms with E-state index in [-0.39, 0.29) is 29.4 Å². The second-order valence-electron chi connectivity index (χ2n) is 9.68. The molecule has 0 radical (unpaired) electrons. The van der Waals surface area contributed by atoms with Crippen LogP contribution in [0.5, 0.6) is 5.75 Å². The van der Waals surface area contributed by atoms with Crippen LogP contribution in [0.15, 0.2) is 16.5 Å². The molecule has 0 spiro atoms. The molecule has 0 saturated heterocycles. The smallest absolute Gasteiger partial charge is 0.322 e. The van der Waals surface area contributed by atoms with E-state index in [0.29, 0.717) is 17.4 Å². The summed E-state index contributed by atoms with van der Waals surface area (Å²) < 4.78 is 10.2. The fourth-order valence-corrected chi connectivity index (χ4v) is 3.92. The average molecular weight is 450 g/mol. The number of aromatic nitrogens is 2. The first-order chi connectivity index (χ1) is 14.4. The molecule has 2 aromatic rings. The van der Waals surface area contributed by atoms with Gasteiger partial charge in [-0.15, -0.1) is 5.10 Å². The number of rotatable bonds is 9. The molecular weight excluding hydrogens is 414 g/mol. The zero-order valence-electron chi connectivity index (χ0n) is 19.7. The van der Waals surface area contributed by atoms with Crippen molar-refractivity contribution in [2.24, 2.45) is 0 Å². The number of ether oxygens (including phenoxy) is 1. The highest BCUT2D eigenvalue weighted by atomic mass is 32.2. The first kappa shape index (κ1) is 25.2. The molecule has 2 N–H and O–H groups in total. The third-order valence-corrected chi connectivity index (χ3v) is 5.80. The number of benzene rings is 1. The number of hydrogen-bond acceptors (Lipinski definition) is 7. The molecule has 1 aromatic carbocycles. The summed E-state index contributed by atoms with van der Waals surface area (Å²) >= 11 is 1.56. The number of methoxy groups -OCH3 is 1. The van der Waals surface area contributed by atoms with Gasteiger partial charge in [-0.1, -0.05) is 58.8 Å². The summed E-state index contributed by atoms with van der Waals surface area (Å²) in [5.74, 6) is 1.72. The molecule has 0 bridgehead atoms. The third kappa shape index (κ3) is 7.54. The van der Waals surface area contributed by atoms with Crippen LogP contribution in [0, 0.1) is 0 Å². The van der Waals surface area contributed by atoms with Crippen LogP contribution in [0.25, 0.3) is 0 Å². The molecule has 0 saturated carbocycles. The van der Waals surface area contributed by atoms with Gasteiger partial charge in [0.2, 0.25) is 11.8 Å². The maximum Gasteiger partial charge on any atom is 0.322 e. The maximum absolute atomic E-state index is 12.0. The summed E-state index contributed by atoms with van der Waals surface area (Å²) in [6, 6.07) is 4.33. The monoisotopic (exact) mass is 449 g/mol. The summed E-state index contributed by atoms with van der Waals surface area (Å²) in [6.45, 7) is 12.9. The van der Waals surface area contributed by atoms with Crippen LogP contribution in [0.3, 0.4) is 0 Å². The molecule has 31 heavy (non-hydrogen) atoms. The van der Waals surface area contributed by atoms with E-state index < -0.39 is 0 Å². The molecule has 0 aliphatic rings. The molecule has 1 heterocycles. The van der Waals surface area contributed by atoms with Crippen LogP contribution in [-0.4, -0.2) is 39.8 Å². The van der Waals surface area contributed by atoms with E-state index in [1.54, 1.807) is 11.8 Å². The Hall–Kier alpha value is -2.06. The van der Waals surface area contributed by atoms with Gasteiger partial charge >= 0.3 is 6.01 Å². The fourth-order valence-electron chi connectivity index (χ4n) is 3.17. The van der Waals surface area contributed by atoms with Crippen molar-refractivity contribution < 1.29 is 19.1 Å². The summed E-state index contributed by atoms with van der Waals surface area (Å²) in [4.78, 5) is 12.0. The number of hydrogen-bond donors (Lipinski definition) is 2. The zero-order valence-corrected chi connectivity index (χ0v) is 20.5. The molecule has 172 valence electrons. The standard InChI is InChI=1S/C23H35N3O4S/c1-22(2,3)16-11-15(12-17(20(16)28)23(4,5)6)9-8-10-31-14-18(27)24-21-26-25-19(30-21)13-29-7/h11-12,28H,8-10,13-14H2,1-7H3,(H,24,26,27). The van der Waals surface area contributed by atoms with Crippen molar-refractivity contribution >= 4 is 23.7 Å². The van der Waals surface area contributed by atoms with Crippen molar-refractivity contribution in [3.8, 4) is 5.75 Å². The summed E-state index contributed by atoms with van der Waals surface area (Å²) in [5.41, 5.74) is 2.91. The lowest BCUT2D eigenvalue weighted by Crippen LogP contribution is -2.18. The first-order valence-electron chi connectivity index (χ1n) is 10.5. The van der Waals surface area contributed by atoms with Gasteiger partial charge in [-0.2, -0.15) is 11.8 Å². The Kier molecular flexibility index (Phi) is 8.54. The summed E-state index contributed by atoms with van der Waals surface area (Å²) in [7, 11) is 1.53. The van der Waals surface area contributed by atoms with E-state index >= 15 is 0 Å². The van der Waals surface area contributed by atoms with E-state index in [2.05, 4.69) is 69.2 Å². The minimum atomic E-state index is -0.174. The predicted molar refractivity (Wildman–Crippen MR) is 125 cm³/mol. The quantitative estimate of drug-likeness (QED) is 0.530. The van der Waals surface area contributed by atoms with Gasteiger partial charge in [0.25, 0.3) is 0 Å². The van der Waals surface area contributed by atoms with Gasteiger partial charge in [0.15, 0.2) is 0 Å². The highest BCUT2D eigenvalue weighted by Crippen LogP contribution is 2.40. The molecule has 1 aromatic heterocycles. The van der Waals surface area contributed by atoms with Crippen molar-refractivity contribution in [1.82, 2.24) is 10.2 Å². The minimum absolute atomic E-state index is 0.0890. The van der Waals surface area contributed by atoms with E-state index in [1.165, 1.54) is 12.7 Å².